The van der Waals surface area contributed by atoms with Crippen molar-refractivity contribution in [3.8, 4) is 0 Å². The largest absolute Gasteiger partial charge is 0.336 e. The molecular formula is C19H26N6O. The molecule has 0 aromatic carbocycles. The van der Waals surface area contributed by atoms with E-state index in [4.69, 9.17) is 4.98 Å². The maximum absolute atomic E-state index is 12.9. The molecule has 2 aliphatic rings. The normalized spacial score (nSPS) is 21.3. The maximum Gasteiger partial charge on any atom is 0.247 e. The van der Waals surface area contributed by atoms with Gasteiger partial charge < -0.3 is 10.2 Å². The summed E-state index contributed by atoms with van der Waals surface area (Å²) >= 11 is 0. The SMILES string of the molecule is Cc1ccnn1[C@H](C)C(=O)N1CCc2nc([C@@H]3CCCNC3)ncc2C1. The van der Waals surface area contributed by atoms with Crippen molar-refractivity contribution in [2.24, 2.45) is 0 Å². The van der Waals surface area contributed by atoms with Crippen molar-refractivity contribution in [3.63, 3.8) is 0 Å². The zero-order valence-electron chi connectivity index (χ0n) is 15.5. The number of fused-ring (bicyclic) bond motifs is 1. The minimum atomic E-state index is -0.292. The van der Waals surface area contributed by atoms with E-state index in [1.165, 1.54) is 6.42 Å². The summed E-state index contributed by atoms with van der Waals surface area (Å²) in [7, 11) is 0. The van der Waals surface area contributed by atoms with Crippen LogP contribution < -0.4 is 5.32 Å². The van der Waals surface area contributed by atoms with Crippen LogP contribution in [0.1, 0.15) is 54.5 Å². The van der Waals surface area contributed by atoms with Crippen LogP contribution in [0.3, 0.4) is 0 Å². The Bertz CT molecular complexity index is 795. The van der Waals surface area contributed by atoms with Crippen LogP contribution in [0.2, 0.25) is 0 Å². The Balaban J connectivity index is 1.47. The van der Waals surface area contributed by atoms with E-state index < -0.39 is 0 Å². The first-order valence-corrected chi connectivity index (χ1v) is 9.48. The van der Waals surface area contributed by atoms with E-state index in [2.05, 4.69) is 15.4 Å². The van der Waals surface area contributed by atoms with Crippen LogP contribution in [0, 0.1) is 6.92 Å². The van der Waals surface area contributed by atoms with Gasteiger partial charge in [0.15, 0.2) is 0 Å². The van der Waals surface area contributed by atoms with Crippen molar-refractivity contribution in [1.82, 2.24) is 30.0 Å². The molecule has 2 aromatic rings. The smallest absolute Gasteiger partial charge is 0.247 e. The van der Waals surface area contributed by atoms with Gasteiger partial charge in [-0.3, -0.25) is 9.48 Å². The van der Waals surface area contributed by atoms with Gasteiger partial charge in [-0.2, -0.15) is 5.10 Å². The fourth-order valence-electron chi connectivity index (χ4n) is 3.94. The van der Waals surface area contributed by atoms with E-state index in [1.807, 2.05) is 31.0 Å². The lowest BCUT2D eigenvalue weighted by molar-refractivity contribution is -0.135. The van der Waals surface area contributed by atoms with Crippen LogP contribution in [-0.4, -0.2) is 50.2 Å². The van der Waals surface area contributed by atoms with Crippen LogP contribution in [0.15, 0.2) is 18.5 Å². The Morgan fingerprint density at radius 1 is 1.42 bits per heavy atom. The van der Waals surface area contributed by atoms with Crippen LogP contribution in [0.25, 0.3) is 0 Å². The lowest BCUT2D eigenvalue weighted by Gasteiger charge is -2.31. The predicted molar refractivity (Wildman–Crippen MR) is 97.7 cm³/mol. The van der Waals surface area contributed by atoms with Gasteiger partial charge >= 0.3 is 0 Å². The predicted octanol–water partition coefficient (Wildman–Crippen LogP) is 1.59. The Labute approximate surface area is 153 Å². The maximum atomic E-state index is 12.9. The highest BCUT2D eigenvalue weighted by Gasteiger charge is 2.28. The molecule has 7 nitrogen and oxygen atoms in total. The Morgan fingerprint density at radius 3 is 3.04 bits per heavy atom. The molecule has 0 unspecified atom stereocenters. The van der Waals surface area contributed by atoms with Gasteiger partial charge in [-0.25, -0.2) is 9.97 Å². The summed E-state index contributed by atoms with van der Waals surface area (Å²) in [4.78, 5) is 24.2. The highest BCUT2D eigenvalue weighted by molar-refractivity contribution is 5.80. The fraction of sp³-hybridized carbons (Fsp3) is 0.579. The Hall–Kier alpha value is -2.28. The summed E-state index contributed by atoms with van der Waals surface area (Å²) < 4.78 is 1.79. The number of rotatable bonds is 3. The second kappa shape index (κ2) is 7.15. The van der Waals surface area contributed by atoms with E-state index in [0.29, 0.717) is 19.0 Å². The molecule has 2 atom stereocenters. The monoisotopic (exact) mass is 354 g/mol. The first kappa shape index (κ1) is 17.1. The minimum absolute atomic E-state index is 0.100. The van der Waals surface area contributed by atoms with Gasteiger partial charge in [-0.05, 0) is 39.3 Å². The molecule has 1 amide bonds. The topological polar surface area (TPSA) is 75.9 Å². The average Bonchev–Trinajstić information content (AvgIpc) is 3.12. The third-order valence-electron chi connectivity index (χ3n) is 5.52. The number of piperidine rings is 1. The van der Waals surface area contributed by atoms with Gasteiger partial charge in [-0.1, -0.05) is 0 Å². The first-order valence-electron chi connectivity index (χ1n) is 9.48. The Morgan fingerprint density at radius 2 is 2.31 bits per heavy atom. The molecule has 0 aliphatic carbocycles. The summed E-state index contributed by atoms with van der Waals surface area (Å²) in [6.07, 6.45) is 6.78. The van der Waals surface area contributed by atoms with E-state index in [9.17, 15) is 4.79 Å². The lowest BCUT2D eigenvalue weighted by atomic mass is 9.98. The number of aromatic nitrogens is 4. The molecule has 4 heterocycles. The van der Waals surface area contributed by atoms with Crippen molar-refractivity contribution in [1.29, 1.82) is 0 Å². The molecule has 138 valence electrons. The zero-order valence-corrected chi connectivity index (χ0v) is 15.5. The molecule has 7 heteroatoms. The third-order valence-corrected chi connectivity index (χ3v) is 5.52. The van der Waals surface area contributed by atoms with Crippen LogP contribution in [0.5, 0.6) is 0 Å². The molecule has 2 aliphatic heterocycles. The average molecular weight is 354 g/mol. The second-order valence-corrected chi connectivity index (χ2v) is 7.35. The second-order valence-electron chi connectivity index (χ2n) is 7.35. The van der Waals surface area contributed by atoms with E-state index >= 15 is 0 Å². The molecular weight excluding hydrogens is 328 g/mol. The molecule has 1 saturated heterocycles. The van der Waals surface area contributed by atoms with E-state index in [0.717, 1.165) is 48.7 Å². The zero-order chi connectivity index (χ0) is 18.1. The van der Waals surface area contributed by atoms with Crippen LogP contribution >= 0.6 is 0 Å². The summed E-state index contributed by atoms with van der Waals surface area (Å²) in [6, 6.07) is 1.63. The summed E-state index contributed by atoms with van der Waals surface area (Å²) in [5.74, 6) is 1.47. The van der Waals surface area contributed by atoms with Crippen molar-refractivity contribution in [2.75, 3.05) is 19.6 Å². The molecule has 4 rings (SSSR count). The third kappa shape index (κ3) is 3.23. The van der Waals surface area contributed by atoms with Crippen LogP contribution in [-0.2, 0) is 17.8 Å². The molecule has 0 bridgehead atoms. The number of carbonyl (C=O) groups excluding carboxylic acids is 1. The van der Waals surface area contributed by atoms with Crippen LogP contribution in [0.4, 0.5) is 0 Å². The molecule has 0 radical (unpaired) electrons. The van der Waals surface area contributed by atoms with Crippen molar-refractivity contribution >= 4 is 5.91 Å². The quantitative estimate of drug-likeness (QED) is 0.906. The number of aryl methyl sites for hydroxylation is 1. The highest BCUT2D eigenvalue weighted by atomic mass is 16.2. The van der Waals surface area contributed by atoms with E-state index in [-0.39, 0.29) is 11.9 Å². The van der Waals surface area contributed by atoms with Crippen molar-refractivity contribution < 1.29 is 4.79 Å². The molecule has 0 saturated carbocycles. The van der Waals surface area contributed by atoms with Gasteiger partial charge in [0.2, 0.25) is 5.91 Å². The molecule has 0 spiro atoms. The number of carbonyl (C=O) groups is 1. The summed E-state index contributed by atoms with van der Waals surface area (Å²) in [5, 5.41) is 7.70. The first-order chi connectivity index (χ1) is 12.6. The number of amides is 1. The summed E-state index contributed by atoms with van der Waals surface area (Å²) in [6.45, 7) is 7.22. The standard InChI is InChI=1S/C19H26N6O/c1-13-5-8-22-25(13)14(2)19(26)24-9-6-17-16(12-24)11-21-18(23-17)15-4-3-7-20-10-15/h5,8,11,14-15,20H,3-4,6-7,9-10,12H2,1-2H3/t14-,15-/m1/s1. The number of hydrogen-bond acceptors (Lipinski definition) is 5. The number of nitrogens with zero attached hydrogens (tertiary/aromatic N) is 5. The molecule has 2 aromatic heterocycles. The van der Waals surface area contributed by atoms with Gasteiger partial charge in [0.1, 0.15) is 11.9 Å². The minimum Gasteiger partial charge on any atom is -0.336 e. The summed E-state index contributed by atoms with van der Waals surface area (Å²) in [5.41, 5.74) is 3.17. The molecule has 1 N–H and O–H groups in total. The van der Waals surface area contributed by atoms with Gasteiger partial charge in [0.25, 0.3) is 0 Å². The Kier molecular flexibility index (Phi) is 4.72. The number of hydrogen-bond donors (Lipinski definition) is 1. The van der Waals surface area contributed by atoms with Gasteiger partial charge in [0, 0.05) is 55.6 Å². The fourth-order valence-corrected chi connectivity index (χ4v) is 3.94. The van der Waals surface area contributed by atoms with Gasteiger partial charge in [0.05, 0.1) is 5.69 Å². The lowest BCUT2D eigenvalue weighted by Crippen LogP contribution is -2.40. The number of nitrogens with one attached hydrogen (secondary N) is 1. The van der Waals surface area contributed by atoms with Gasteiger partial charge in [-0.15, -0.1) is 0 Å². The van der Waals surface area contributed by atoms with Crippen molar-refractivity contribution in [2.45, 2.75) is 51.6 Å². The van der Waals surface area contributed by atoms with Crippen molar-refractivity contribution in [3.05, 3.63) is 41.2 Å². The van der Waals surface area contributed by atoms with E-state index in [1.54, 1.807) is 10.9 Å². The molecule has 1 fully saturated rings. The highest BCUT2D eigenvalue weighted by Crippen LogP contribution is 2.24. The molecule has 26 heavy (non-hydrogen) atoms.